The maximum absolute atomic E-state index is 12.1. The molecule has 19 heavy (non-hydrogen) atoms. The quantitative estimate of drug-likeness (QED) is 0.631. The molecule has 1 aromatic carbocycles. The van der Waals surface area contributed by atoms with Crippen LogP contribution in [0.5, 0.6) is 0 Å². The Bertz CT molecular complexity index is 557. The summed E-state index contributed by atoms with van der Waals surface area (Å²) in [4.78, 5) is 23.2. The number of amides is 2. The molecule has 5 nitrogen and oxygen atoms in total. The van der Waals surface area contributed by atoms with Gasteiger partial charge in [-0.1, -0.05) is 24.0 Å². The Morgan fingerprint density at radius 3 is 2.95 bits per heavy atom. The third-order valence-electron chi connectivity index (χ3n) is 2.81. The fourth-order valence-corrected chi connectivity index (χ4v) is 1.91. The molecular formula is C14H15N3O2. The number of carbonyl (C=O) groups is 2. The van der Waals surface area contributed by atoms with Crippen LogP contribution in [0.3, 0.4) is 0 Å². The molecule has 1 aliphatic heterocycles. The lowest BCUT2D eigenvalue weighted by Crippen LogP contribution is -2.36. The molecule has 2 amide bonds. The first kappa shape index (κ1) is 13.1. The van der Waals surface area contributed by atoms with Crippen molar-refractivity contribution in [3.63, 3.8) is 0 Å². The van der Waals surface area contributed by atoms with E-state index in [-0.39, 0.29) is 24.4 Å². The molecule has 1 aliphatic rings. The second-order valence-electron chi connectivity index (χ2n) is 4.23. The molecule has 1 unspecified atom stereocenters. The van der Waals surface area contributed by atoms with Gasteiger partial charge in [0.1, 0.15) is 0 Å². The van der Waals surface area contributed by atoms with E-state index in [1.54, 1.807) is 18.2 Å². The van der Waals surface area contributed by atoms with E-state index >= 15 is 0 Å². The lowest BCUT2D eigenvalue weighted by atomic mass is 10.1. The number of nitrogens with two attached hydrogens (primary N) is 1. The zero-order valence-corrected chi connectivity index (χ0v) is 10.4. The summed E-state index contributed by atoms with van der Waals surface area (Å²) in [7, 11) is 0. The molecule has 0 bridgehead atoms. The predicted octanol–water partition coefficient (Wildman–Crippen LogP) is -0.385. The molecule has 5 heteroatoms. The van der Waals surface area contributed by atoms with Crippen molar-refractivity contribution in [3.8, 4) is 11.8 Å². The van der Waals surface area contributed by atoms with Gasteiger partial charge in [0.2, 0.25) is 5.91 Å². The van der Waals surface area contributed by atoms with Crippen LogP contribution in [-0.2, 0) is 4.79 Å². The van der Waals surface area contributed by atoms with E-state index in [1.807, 2.05) is 6.07 Å². The van der Waals surface area contributed by atoms with Gasteiger partial charge in [-0.15, -0.1) is 0 Å². The molecular weight excluding hydrogens is 242 g/mol. The summed E-state index contributed by atoms with van der Waals surface area (Å²) in [6.07, 6.45) is 0.322. The summed E-state index contributed by atoms with van der Waals surface area (Å²) in [5.74, 6) is 5.34. The third-order valence-corrected chi connectivity index (χ3v) is 2.81. The van der Waals surface area contributed by atoms with Crippen molar-refractivity contribution in [1.29, 1.82) is 0 Å². The minimum atomic E-state index is -0.219. The number of carbonyl (C=O) groups excluding carboxylic acids is 2. The average molecular weight is 257 g/mol. The third kappa shape index (κ3) is 3.33. The number of nitrogens with one attached hydrogen (secondary N) is 2. The second-order valence-corrected chi connectivity index (χ2v) is 4.23. The Balaban J connectivity index is 2.12. The molecule has 4 N–H and O–H groups in total. The highest BCUT2D eigenvalue weighted by Gasteiger charge is 2.23. The van der Waals surface area contributed by atoms with Gasteiger partial charge in [0, 0.05) is 18.5 Å². The molecule has 1 atom stereocenters. The van der Waals surface area contributed by atoms with E-state index in [9.17, 15) is 9.59 Å². The standard InChI is InChI=1S/C14H15N3O2/c15-7-3-5-10-4-1-2-6-12(10)14(19)17-11-8-13(18)16-9-11/h1-2,4,6,11H,7-9,15H2,(H,16,18)(H,17,19). The molecule has 1 saturated heterocycles. The van der Waals surface area contributed by atoms with E-state index in [2.05, 4.69) is 22.5 Å². The molecule has 98 valence electrons. The fourth-order valence-electron chi connectivity index (χ4n) is 1.91. The van der Waals surface area contributed by atoms with Crippen LogP contribution in [0.4, 0.5) is 0 Å². The van der Waals surface area contributed by atoms with E-state index < -0.39 is 0 Å². The summed E-state index contributed by atoms with van der Waals surface area (Å²) < 4.78 is 0. The fraction of sp³-hybridized carbons (Fsp3) is 0.286. The second kappa shape index (κ2) is 6.03. The van der Waals surface area contributed by atoms with Gasteiger partial charge in [0.15, 0.2) is 0 Å². The van der Waals surface area contributed by atoms with Crippen LogP contribution in [0, 0.1) is 11.8 Å². The Morgan fingerprint density at radius 1 is 1.47 bits per heavy atom. The van der Waals surface area contributed by atoms with Crippen LogP contribution < -0.4 is 16.4 Å². The Morgan fingerprint density at radius 2 is 2.26 bits per heavy atom. The number of hydrogen-bond donors (Lipinski definition) is 3. The largest absolute Gasteiger partial charge is 0.354 e. The van der Waals surface area contributed by atoms with E-state index in [0.717, 1.165) is 0 Å². The molecule has 0 spiro atoms. The van der Waals surface area contributed by atoms with Gasteiger partial charge >= 0.3 is 0 Å². The average Bonchev–Trinajstić information content (AvgIpc) is 2.82. The highest BCUT2D eigenvalue weighted by Crippen LogP contribution is 2.09. The van der Waals surface area contributed by atoms with Crippen molar-refractivity contribution in [1.82, 2.24) is 10.6 Å². The van der Waals surface area contributed by atoms with Crippen LogP contribution in [-0.4, -0.2) is 30.9 Å². The Kier molecular flexibility index (Phi) is 4.16. The molecule has 0 aromatic heterocycles. The van der Waals surface area contributed by atoms with Crippen molar-refractivity contribution in [2.24, 2.45) is 5.73 Å². The van der Waals surface area contributed by atoms with Crippen LogP contribution in [0.2, 0.25) is 0 Å². The molecule has 1 aromatic rings. The summed E-state index contributed by atoms with van der Waals surface area (Å²) in [5, 5.41) is 5.50. The van der Waals surface area contributed by atoms with Crippen molar-refractivity contribution < 1.29 is 9.59 Å². The van der Waals surface area contributed by atoms with Gasteiger partial charge in [-0.25, -0.2) is 0 Å². The van der Waals surface area contributed by atoms with E-state index in [4.69, 9.17) is 5.73 Å². The minimum Gasteiger partial charge on any atom is -0.354 e. The maximum atomic E-state index is 12.1. The first-order chi connectivity index (χ1) is 9.20. The van der Waals surface area contributed by atoms with Crippen LogP contribution in [0.15, 0.2) is 24.3 Å². The molecule has 0 aliphatic carbocycles. The topological polar surface area (TPSA) is 84.2 Å². The highest BCUT2D eigenvalue weighted by molar-refractivity contribution is 5.97. The zero-order chi connectivity index (χ0) is 13.7. The lowest BCUT2D eigenvalue weighted by molar-refractivity contribution is -0.119. The smallest absolute Gasteiger partial charge is 0.252 e. The number of benzene rings is 1. The summed E-state index contributed by atoms with van der Waals surface area (Å²) in [6, 6.07) is 6.92. The van der Waals surface area contributed by atoms with Crippen molar-refractivity contribution in [2.45, 2.75) is 12.5 Å². The van der Waals surface area contributed by atoms with Gasteiger partial charge in [-0.3, -0.25) is 9.59 Å². The molecule has 0 radical (unpaired) electrons. The molecule has 0 saturated carbocycles. The van der Waals surface area contributed by atoms with Crippen LogP contribution in [0.1, 0.15) is 22.3 Å². The Hall–Kier alpha value is -2.32. The number of hydrogen-bond acceptors (Lipinski definition) is 3. The normalized spacial score (nSPS) is 17.3. The minimum absolute atomic E-state index is 0.0403. The molecule has 1 fully saturated rings. The van der Waals surface area contributed by atoms with Gasteiger partial charge in [0.05, 0.1) is 18.2 Å². The van der Waals surface area contributed by atoms with Gasteiger partial charge in [-0.05, 0) is 12.1 Å². The lowest BCUT2D eigenvalue weighted by Gasteiger charge is -2.11. The van der Waals surface area contributed by atoms with Crippen molar-refractivity contribution >= 4 is 11.8 Å². The van der Waals surface area contributed by atoms with E-state index in [0.29, 0.717) is 24.1 Å². The summed E-state index contributed by atoms with van der Waals surface area (Å²) >= 11 is 0. The van der Waals surface area contributed by atoms with Gasteiger partial charge in [-0.2, -0.15) is 0 Å². The maximum Gasteiger partial charge on any atom is 0.252 e. The molecule has 2 rings (SSSR count). The van der Waals surface area contributed by atoms with Crippen LogP contribution in [0.25, 0.3) is 0 Å². The monoisotopic (exact) mass is 257 g/mol. The number of rotatable bonds is 2. The SMILES string of the molecule is NCC#Cc1ccccc1C(=O)NC1CNC(=O)C1. The zero-order valence-electron chi connectivity index (χ0n) is 10.4. The summed E-state index contributed by atoms with van der Waals surface area (Å²) in [6.45, 7) is 0.720. The van der Waals surface area contributed by atoms with Gasteiger partial charge in [0.25, 0.3) is 5.91 Å². The van der Waals surface area contributed by atoms with Crippen molar-refractivity contribution in [2.75, 3.05) is 13.1 Å². The Labute approximate surface area is 111 Å². The van der Waals surface area contributed by atoms with Gasteiger partial charge < -0.3 is 16.4 Å². The first-order valence-corrected chi connectivity index (χ1v) is 6.06. The van der Waals surface area contributed by atoms with Crippen LogP contribution >= 0.6 is 0 Å². The first-order valence-electron chi connectivity index (χ1n) is 6.06. The predicted molar refractivity (Wildman–Crippen MR) is 71.3 cm³/mol. The highest BCUT2D eigenvalue weighted by atomic mass is 16.2. The molecule has 1 heterocycles. The van der Waals surface area contributed by atoms with Crippen molar-refractivity contribution in [3.05, 3.63) is 35.4 Å². The summed E-state index contributed by atoms with van der Waals surface area (Å²) in [5.41, 5.74) is 6.47. The van der Waals surface area contributed by atoms with E-state index in [1.165, 1.54) is 0 Å².